The van der Waals surface area contributed by atoms with Crippen molar-refractivity contribution in [2.75, 3.05) is 7.11 Å². The van der Waals surface area contributed by atoms with Crippen molar-refractivity contribution >= 4 is 5.78 Å². The lowest BCUT2D eigenvalue weighted by Crippen LogP contribution is -2.10. The highest BCUT2D eigenvalue weighted by Crippen LogP contribution is 2.28. The number of benzene rings is 1. The maximum absolute atomic E-state index is 13.8. The van der Waals surface area contributed by atoms with Crippen molar-refractivity contribution in [3.05, 3.63) is 29.6 Å². The Labute approximate surface area is 114 Å². The summed E-state index contributed by atoms with van der Waals surface area (Å²) in [6.07, 6.45) is 7.65. The monoisotopic (exact) mass is 264 g/mol. The van der Waals surface area contributed by atoms with Crippen LogP contribution < -0.4 is 4.74 Å². The molecule has 0 spiro atoms. The number of ether oxygens (including phenoxy) is 1. The number of ketones is 1. The van der Waals surface area contributed by atoms with Crippen LogP contribution in [0.5, 0.6) is 5.75 Å². The third-order valence-corrected chi connectivity index (χ3v) is 3.98. The highest BCUT2D eigenvalue weighted by molar-refractivity contribution is 5.96. The molecule has 1 aromatic rings. The SMILES string of the molecule is COc1ccc(C(=O)CCC2CCCCC2)c(F)c1. The van der Waals surface area contributed by atoms with Crippen LogP contribution >= 0.6 is 0 Å². The van der Waals surface area contributed by atoms with Crippen molar-refractivity contribution in [1.29, 1.82) is 0 Å². The van der Waals surface area contributed by atoms with E-state index in [0.717, 1.165) is 6.42 Å². The summed E-state index contributed by atoms with van der Waals surface area (Å²) in [4.78, 5) is 12.0. The van der Waals surface area contributed by atoms with Gasteiger partial charge in [-0.2, -0.15) is 0 Å². The van der Waals surface area contributed by atoms with Crippen LogP contribution in [0.25, 0.3) is 0 Å². The van der Waals surface area contributed by atoms with E-state index in [0.29, 0.717) is 18.1 Å². The van der Waals surface area contributed by atoms with Crippen LogP contribution in [0.2, 0.25) is 0 Å². The second-order valence-corrected chi connectivity index (χ2v) is 5.31. The van der Waals surface area contributed by atoms with Crippen LogP contribution in [-0.2, 0) is 0 Å². The molecule has 3 heteroatoms. The normalized spacial score (nSPS) is 16.3. The number of hydrogen-bond acceptors (Lipinski definition) is 2. The van der Waals surface area contributed by atoms with Gasteiger partial charge in [-0.15, -0.1) is 0 Å². The van der Waals surface area contributed by atoms with Gasteiger partial charge in [-0.3, -0.25) is 4.79 Å². The van der Waals surface area contributed by atoms with Crippen LogP contribution in [0.4, 0.5) is 4.39 Å². The average molecular weight is 264 g/mol. The number of halogens is 1. The third kappa shape index (κ3) is 3.79. The molecule has 0 heterocycles. The maximum atomic E-state index is 13.8. The molecule has 1 saturated carbocycles. The predicted molar refractivity (Wildman–Crippen MR) is 73.1 cm³/mol. The highest BCUT2D eigenvalue weighted by Gasteiger charge is 2.17. The first-order valence-corrected chi connectivity index (χ1v) is 7.07. The fourth-order valence-electron chi connectivity index (χ4n) is 2.79. The molecule has 0 N–H and O–H groups in total. The lowest BCUT2D eigenvalue weighted by atomic mass is 9.85. The first-order valence-electron chi connectivity index (χ1n) is 7.07. The van der Waals surface area contributed by atoms with E-state index in [1.165, 1.54) is 51.3 Å². The Balaban J connectivity index is 1.92. The Morgan fingerprint density at radius 2 is 2.05 bits per heavy atom. The third-order valence-electron chi connectivity index (χ3n) is 3.98. The molecule has 0 aromatic heterocycles. The molecule has 1 aliphatic rings. The van der Waals surface area contributed by atoms with Crippen molar-refractivity contribution in [3.63, 3.8) is 0 Å². The summed E-state index contributed by atoms with van der Waals surface area (Å²) < 4.78 is 18.7. The molecule has 104 valence electrons. The molecular weight excluding hydrogens is 243 g/mol. The van der Waals surface area contributed by atoms with Gasteiger partial charge < -0.3 is 4.74 Å². The van der Waals surface area contributed by atoms with Gasteiger partial charge in [0.05, 0.1) is 12.7 Å². The number of rotatable bonds is 5. The molecule has 1 aromatic carbocycles. The van der Waals surface area contributed by atoms with E-state index in [1.807, 2.05) is 0 Å². The molecule has 0 amide bonds. The number of carbonyl (C=O) groups is 1. The van der Waals surface area contributed by atoms with E-state index < -0.39 is 5.82 Å². The van der Waals surface area contributed by atoms with Crippen LogP contribution in [0.1, 0.15) is 55.3 Å². The minimum atomic E-state index is -0.479. The first-order chi connectivity index (χ1) is 9.20. The summed E-state index contributed by atoms with van der Waals surface area (Å²) in [5.74, 6) is 0.527. The standard InChI is InChI=1S/C16H21FO2/c1-19-13-8-9-14(15(17)11-13)16(18)10-7-12-5-3-2-4-6-12/h8-9,11-12H,2-7,10H2,1H3. The van der Waals surface area contributed by atoms with E-state index in [1.54, 1.807) is 6.07 Å². The molecule has 0 atom stereocenters. The van der Waals surface area contributed by atoms with Gasteiger partial charge in [0.2, 0.25) is 0 Å². The minimum Gasteiger partial charge on any atom is -0.497 e. The molecule has 19 heavy (non-hydrogen) atoms. The van der Waals surface area contributed by atoms with E-state index >= 15 is 0 Å². The minimum absolute atomic E-state index is 0.0919. The van der Waals surface area contributed by atoms with E-state index in [2.05, 4.69) is 0 Å². The fourth-order valence-corrected chi connectivity index (χ4v) is 2.79. The van der Waals surface area contributed by atoms with Gasteiger partial charge in [0.15, 0.2) is 5.78 Å². The maximum Gasteiger partial charge on any atom is 0.165 e. The van der Waals surface area contributed by atoms with E-state index in [9.17, 15) is 9.18 Å². The van der Waals surface area contributed by atoms with Crippen LogP contribution in [-0.4, -0.2) is 12.9 Å². The molecule has 1 fully saturated rings. The molecule has 1 aliphatic carbocycles. The largest absolute Gasteiger partial charge is 0.497 e. The molecule has 0 bridgehead atoms. The molecule has 0 radical (unpaired) electrons. The van der Waals surface area contributed by atoms with Gasteiger partial charge in [-0.1, -0.05) is 32.1 Å². The topological polar surface area (TPSA) is 26.3 Å². The number of carbonyl (C=O) groups excluding carboxylic acids is 1. The van der Waals surface area contributed by atoms with Gasteiger partial charge in [0.25, 0.3) is 0 Å². The van der Waals surface area contributed by atoms with Crippen molar-refractivity contribution < 1.29 is 13.9 Å². The lowest BCUT2D eigenvalue weighted by Gasteiger charge is -2.20. The van der Waals surface area contributed by atoms with Crippen molar-refractivity contribution in [2.45, 2.75) is 44.9 Å². The Morgan fingerprint density at radius 3 is 2.68 bits per heavy atom. The summed E-state index contributed by atoms with van der Waals surface area (Å²) >= 11 is 0. The zero-order chi connectivity index (χ0) is 13.7. The summed E-state index contributed by atoms with van der Waals surface area (Å²) in [5.41, 5.74) is 0.191. The van der Waals surface area contributed by atoms with Crippen LogP contribution in [0.15, 0.2) is 18.2 Å². The van der Waals surface area contributed by atoms with Gasteiger partial charge >= 0.3 is 0 Å². The quantitative estimate of drug-likeness (QED) is 0.738. The van der Waals surface area contributed by atoms with Gasteiger partial charge in [0, 0.05) is 12.5 Å². The Kier molecular flexibility index (Phi) is 4.94. The highest BCUT2D eigenvalue weighted by atomic mass is 19.1. The first kappa shape index (κ1) is 14.0. The molecule has 0 unspecified atom stereocenters. The fraction of sp³-hybridized carbons (Fsp3) is 0.562. The van der Waals surface area contributed by atoms with Crippen LogP contribution in [0, 0.1) is 11.7 Å². The summed E-state index contributed by atoms with van der Waals surface area (Å²) in [7, 11) is 1.49. The predicted octanol–water partition coefficient (Wildman–Crippen LogP) is 4.38. The zero-order valence-electron chi connectivity index (χ0n) is 11.5. The van der Waals surface area contributed by atoms with Gasteiger partial charge in [-0.05, 0) is 24.5 Å². The molecular formula is C16H21FO2. The van der Waals surface area contributed by atoms with Crippen molar-refractivity contribution in [3.8, 4) is 5.75 Å². The van der Waals surface area contributed by atoms with E-state index in [-0.39, 0.29) is 11.3 Å². The molecule has 0 aliphatic heterocycles. The Hall–Kier alpha value is -1.38. The Morgan fingerprint density at radius 1 is 1.32 bits per heavy atom. The summed E-state index contributed by atoms with van der Waals surface area (Å²) in [6, 6.07) is 4.43. The summed E-state index contributed by atoms with van der Waals surface area (Å²) in [5, 5.41) is 0. The molecule has 2 nitrogen and oxygen atoms in total. The zero-order valence-corrected chi connectivity index (χ0v) is 11.5. The second-order valence-electron chi connectivity index (χ2n) is 5.31. The van der Waals surface area contributed by atoms with Crippen LogP contribution in [0.3, 0.4) is 0 Å². The van der Waals surface area contributed by atoms with Gasteiger partial charge in [-0.25, -0.2) is 4.39 Å². The van der Waals surface area contributed by atoms with Crippen molar-refractivity contribution in [2.24, 2.45) is 5.92 Å². The molecule has 2 rings (SSSR count). The number of Topliss-reactive ketones (excluding diaryl/α,β-unsaturated/α-hetero) is 1. The number of hydrogen-bond donors (Lipinski definition) is 0. The summed E-state index contributed by atoms with van der Waals surface area (Å²) in [6.45, 7) is 0. The second kappa shape index (κ2) is 6.69. The lowest BCUT2D eigenvalue weighted by molar-refractivity contribution is 0.0966. The average Bonchev–Trinajstić information content (AvgIpc) is 2.45. The smallest absolute Gasteiger partial charge is 0.165 e. The van der Waals surface area contributed by atoms with E-state index in [4.69, 9.17) is 4.74 Å². The Bertz CT molecular complexity index is 436. The van der Waals surface area contributed by atoms with Gasteiger partial charge in [0.1, 0.15) is 11.6 Å². The number of methoxy groups -OCH3 is 1. The molecule has 0 saturated heterocycles. The van der Waals surface area contributed by atoms with Crippen molar-refractivity contribution in [1.82, 2.24) is 0 Å².